The molecule has 0 spiro atoms. The molecule has 0 heterocycles. The van der Waals surface area contributed by atoms with Crippen molar-refractivity contribution in [2.24, 2.45) is 5.11 Å². The van der Waals surface area contributed by atoms with Crippen LogP contribution in [0.3, 0.4) is 0 Å². The van der Waals surface area contributed by atoms with Gasteiger partial charge in [0.2, 0.25) is 0 Å². The Balaban J connectivity index is 2.43. The van der Waals surface area contributed by atoms with Gasteiger partial charge in [0, 0.05) is 16.0 Å². The highest BCUT2D eigenvalue weighted by molar-refractivity contribution is 5.56. The second-order valence-electron chi connectivity index (χ2n) is 3.47. The highest BCUT2D eigenvalue weighted by atomic mass is 19.1. The molecule has 4 heteroatoms. The first-order valence-electron chi connectivity index (χ1n) is 5.21. The summed E-state index contributed by atoms with van der Waals surface area (Å²) in [5, 5.41) is 3.47. The summed E-state index contributed by atoms with van der Waals surface area (Å²) in [6.45, 7) is 0. The lowest BCUT2D eigenvalue weighted by Gasteiger charge is -1.96. The van der Waals surface area contributed by atoms with Crippen molar-refractivity contribution in [3.8, 4) is 11.8 Å². The van der Waals surface area contributed by atoms with Crippen molar-refractivity contribution in [1.29, 1.82) is 0 Å². The van der Waals surface area contributed by atoms with Crippen molar-refractivity contribution in [3.05, 3.63) is 75.9 Å². The summed E-state index contributed by atoms with van der Waals surface area (Å²) in [5.41, 5.74) is 9.92. The zero-order valence-electron chi connectivity index (χ0n) is 9.34. The van der Waals surface area contributed by atoms with Crippen molar-refractivity contribution in [3.63, 3.8) is 0 Å². The molecule has 0 unspecified atom stereocenters. The molecule has 0 saturated heterocycles. The van der Waals surface area contributed by atoms with Crippen LogP contribution < -0.4 is 0 Å². The van der Waals surface area contributed by atoms with Crippen LogP contribution in [0.1, 0.15) is 11.1 Å². The first kappa shape index (κ1) is 11.7. The average Bonchev–Trinajstić information content (AvgIpc) is 2.40. The highest BCUT2D eigenvalue weighted by Crippen LogP contribution is 2.19. The summed E-state index contributed by atoms with van der Waals surface area (Å²) in [5.74, 6) is 5.27. The fourth-order valence-electron chi connectivity index (χ4n) is 1.40. The third kappa shape index (κ3) is 2.88. The summed E-state index contributed by atoms with van der Waals surface area (Å²) >= 11 is 0. The number of hydrogen-bond acceptors (Lipinski definition) is 1. The Morgan fingerprint density at radius 3 is 2.56 bits per heavy atom. The number of halogens is 1. The Kier molecular flexibility index (Phi) is 3.60. The quantitative estimate of drug-likeness (QED) is 0.309. The summed E-state index contributed by atoms with van der Waals surface area (Å²) < 4.78 is 13.1. The Bertz CT molecular complexity index is 662. The van der Waals surface area contributed by atoms with Gasteiger partial charge in [0.05, 0.1) is 5.69 Å². The topological polar surface area (TPSA) is 48.8 Å². The van der Waals surface area contributed by atoms with Crippen molar-refractivity contribution in [2.75, 3.05) is 0 Å². The van der Waals surface area contributed by atoms with E-state index >= 15 is 0 Å². The second kappa shape index (κ2) is 5.53. The zero-order chi connectivity index (χ0) is 12.8. The van der Waals surface area contributed by atoms with Gasteiger partial charge < -0.3 is 0 Å². The van der Waals surface area contributed by atoms with Crippen LogP contribution in [-0.2, 0) is 0 Å². The minimum Gasteiger partial charge on any atom is -0.207 e. The smallest absolute Gasteiger partial charge is 0.124 e. The van der Waals surface area contributed by atoms with E-state index in [1.165, 1.54) is 18.2 Å². The summed E-state index contributed by atoms with van der Waals surface area (Å²) in [7, 11) is 0. The molecule has 0 bridgehead atoms. The molecule has 0 fully saturated rings. The van der Waals surface area contributed by atoms with Gasteiger partial charge in [0.1, 0.15) is 5.82 Å². The normalized spacial score (nSPS) is 8.94. The molecule has 2 aromatic rings. The van der Waals surface area contributed by atoms with Gasteiger partial charge in [-0.15, -0.1) is 0 Å². The lowest BCUT2D eigenvalue weighted by molar-refractivity contribution is 0.627. The van der Waals surface area contributed by atoms with Crippen LogP contribution in [0.15, 0.2) is 53.6 Å². The molecule has 0 N–H and O–H groups in total. The first-order valence-corrected chi connectivity index (χ1v) is 5.21. The molecule has 0 radical (unpaired) electrons. The molecule has 0 aliphatic heterocycles. The summed E-state index contributed by atoms with van der Waals surface area (Å²) in [6.07, 6.45) is 0. The minimum atomic E-state index is -0.413. The zero-order valence-corrected chi connectivity index (χ0v) is 9.34. The molecule has 2 rings (SSSR count). The third-order valence-corrected chi connectivity index (χ3v) is 2.23. The van der Waals surface area contributed by atoms with Crippen LogP contribution in [-0.4, -0.2) is 0 Å². The molecule has 3 nitrogen and oxygen atoms in total. The lowest BCUT2D eigenvalue weighted by atomic mass is 10.1. The Morgan fingerprint density at radius 2 is 1.83 bits per heavy atom. The Morgan fingerprint density at radius 1 is 1.06 bits per heavy atom. The van der Waals surface area contributed by atoms with E-state index in [0.717, 1.165) is 5.56 Å². The maximum absolute atomic E-state index is 13.1. The van der Waals surface area contributed by atoms with Crippen LogP contribution in [0.4, 0.5) is 10.1 Å². The largest absolute Gasteiger partial charge is 0.207 e. The van der Waals surface area contributed by atoms with Crippen LogP contribution in [0.5, 0.6) is 0 Å². The van der Waals surface area contributed by atoms with Gasteiger partial charge in [-0.25, -0.2) is 4.39 Å². The van der Waals surface area contributed by atoms with Gasteiger partial charge in [-0.3, -0.25) is 0 Å². The lowest BCUT2D eigenvalue weighted by Crippen LogP contribution is -1.80. The monoisotopic (exact) mass is 237 g/mol. The number of nitrogens with zero attached hydrogens (tertiary/aromatic N) is 3. The predicted octanol–water partition coefficient (Wildman–Crippen LogP) is 4.17. The van der Waals surface area contributed by atoms with Crippen LogP contribution >= 0.6 is 0 Å². The van der Waals surface area contributed by atoms with Gasteiger partial charge in [-0.05, 0) is 35.9 Å². The number of rotatable bonds is 1. The van der Waals surface area contributed by atoms with Gasteiger partial charge in [-0.2, -0.15) is 0 Å². The molecule has 86 valence electrons. The molecule has 0 aromatic heterocycles. The van der Waals surface area contributed by atoms with E-state index in [2.05, 4.69) is 21.9 Å². The van der Waals surface area contributed by atoms with Gasteiger partial charge >= 0.3 is 0 Å². The maximum atomic E-state index is 13.1. The van der Waals surface area contributed by atoms with E-state index in [-0.39, 0.29) is 0 Å². The van der Waals surface area contributed by atoms with E-state index in [1.54, 1.807) is 0 Å². The minimum absolute atomic E-state index is 0.322. The van der Waals surface area contributed by atoms with Crippen LogP contribution in [0.2, 0.25) is 0 Å². The van der Waals surface area contributed by atoms with E-state index in [1.807, 2.05) is 30.3 Å². The van der Waals surface area contributed by atoms with Gasteiger partial charge in [0.15, 0.2) is 0 Å². The fourth-order valence-corrected chi connectivity index (χ4v) is 1.40. The molecule has 0 aliphatic rings. The van der Waals surface area contributed by atoms with Crippen molar-refractivity contribution in [2.45, 2.75) is 0 Å². The third-order valence-electron chi connectivity index (χ3n) is 2.23. The summed E-state index contributed by atoms with van der Waals surface area (Å²) in [6, 6.07) is 13.2. The van der Waals surface area contributed by atoms with Crippen molar-refractivity contribution in [1.82, 2.24) is 0 Å². The SMILES string of the molecule is [N-]=[N+]=Nc1ccc(F)cc1C#Cc1ccccc1. The van der Waals surface area contributed by atoms with Crippen LogP contribution in [0.25, 0.3) is 10.4 Å². The standard InChI is InChI=1S/C14H8FN3/c15-13-8-9-14(17-18-16)12(10-13)7-6-11-4-2-1-3-5-11/h1-5,8-10H. The molecule has 0 aliphatic carbocycles. The second-order valence-corrected chi connectivity index (χ2v) is 3.47. The highest BCUT2D eigenvalue weighted by Gasteiger charge is 1.99. The van der Waals surface area contributed by atoms with E-state index in [9.17, 15) is 4.39 Å². The van der Waals surface area contributed by atoms with Crippen molar-refractivity contribution < 1.29 is 4.39 Å². The van der Waals surface area contributed by atoms with Crippen LogP contribution in [0, 0.1) is 17.7 Å². The first-order chi connectivity index (χ1) is 8.79. The predicted molar refractivity (Wildman–Crippen MR) is 67.6 cm³/mol. The molecular formula is C14H8FN3. The Labute approximate surface area is 104 Å². The number of hydrogen-bond donors (Lipinski definition) is 0. The average molecular weight is 237 g/mol. The molecule has 0 saturated carbocycles. The molecular weight excluding hydrogens is 229 g/mol. The maximum Gasteiger partial charge on any atom is 0.124 e. The molecule has 0 amide bonds. The molecule has 2 aromatic carbocycles. The van der Waals surface area contributed by atoms with E-state index in [0.29, 0.717) is 11.3 Å². The van der Waals surface area contributed by atoms with E-state index < -0.39 is 5.82 Å². The molecule has 18 heavy (non-hydrogen) atoms. The van der Waals surface area contributed by atoms with Crippen molar-refractivity contribution >= 4 is 5.69 Å². The summed E-state index contributed by atoms with van der Waals surface area (Å²) in [4.78, 5) is 2.69. The fraction of sp³-hybridized carbons (Fsp3) is 0. The molecule has 0 atom stereocenters. The Hall–Kier alpha value is -2.76. The van der Waals surface area contributed by atoms with Gasteiger partial charge in [0.25, 0.3) is 0 Å². The number of azide groups is 1. The number of benzene rings is 2. The van der Waals surface area contributed by atoms with Gasteiger partial charge in [-0.1, -0.05) is 35.2 Å². The van der Waals surface area contributed by atoms with E-state index in [4.69, 9.17) is 5.53 Å².